The lowest BCUT2D eigenvalue weighted by molar-refractivity contribution is 0.173. The minimum Gasteiger partial charge on any atom is -0.454 e. The van der Waals surface area contributed by atoms with Crippen LogP contribution in [0, 0.1) is 0 Å². The smallest absolute Gasteiger partial charge is 0.315 e. The molecule has 0 unspecified atom stereocenters. The average molecular weight is 398 g/mol. The highest BCUT2D eigenvalue weighted by Gasteiger charge is 2.20. The van der Waals surface area contributed by atoms with Crippen molar-refractivity contribution in [2.45, 2.75) is 45.2 Å². The van der Waals surface area contributed by atoms with E-state index in [9.17, 15) is 4.79 Å². The highest BCUT2D eigenvalue weighted by molar-refractivity contribution is 5.74. The van der Waals surface area contributed by atoms with Crippen LogP contribution in [-0.4, -0.2) is 31.7 Å². The van der Waals surface area contributed by atoms with E-state index in [2.05, 4.69) is 10.6 Å². The molecule has 7 heteroatoms. The molecule has 154 valence electrons. The number of nitrogens with one attached hydrogen (secondary N) is 2. The topological polar surface area (TPSA) is 78.1 Å². The summed E-state index contributed by atoms with van der Waals surface area (Å²) in [4.78, 5) is 12.5. The van der Waals surface area contributed by atoms with Crippen molar-refractivity contribution in [1.29, 1.82) is 0 Å². The predicted octanol–water partition coefficient (Wildman–Crippen LogP) is 3.40. The van der Waals surface area contributed by atoms with Gasteiger partial charge < -0.3 is 29.6 Å². The summed E-state index contributed by atoms with van der Waals surface area (Å²) in [6.07, 6.45) is 2.21. The molecule has 7 nitrogen and oxygen atoms in total. The number of rotatable bonds is 7. The van der Waals surface area contributed by atoms with Crippen LogP contribution in [0.25, 0.3) is 0 Å². The van der Waals surface area contributed by atoms with Gasteiger partial charge in [0.1, 0.15) is 0 Å². The van der Waals surface area contributed by atoms with E-state index >= 15 is 0 Å². The van der Waals surface area contributed by atoms with E-state index in [1.165, 1.54) is 0 Å². The van der Waals surface area contributed by atoms with Gasteiger partial charge in [0.05, 0.1) is 0 Å². The molecule has 1 atom stereocenters. The fourth-order valence-electron chi connectivity index (χ4n) is 3.43. The van der Waals surface area contributed by atoms with Gasteiger partial charge in [-0.05, 0) is 61.6 Å². The number of hydrogen-bond donors (Lipinski definition) is 2. The highest BCUT2D eigenvalue weighted by atomic mass is 16.7. The molecule has 2 aromatic carbocycles. The maximum Gasteiger partial charge on any atom is 0.315 e. The monoisotopic (exact) mass is 398 g/mol. The van der Waals surface area contributed by atoms with Crippen molar-refractivity contribution >= 4 is 6.03 Å². The molecule has 2 amide bonds. The predicted molar refractivity (Wildman–Crippen MR) is 108 cm³/mol. The number of fused-ring (bicyclic) bond motifs is 2. The van der Waals surface area contributed by atoms with Crippen molar-refractivity contribution < 1.29 is 23.7 Å². The summed E-state index contributed by atoms with van der Waals surface area (Å²) in [6.45, 7) is 4.52. The van der Waals surface area contributed by atoms with E-state index in [-0.39, 0.29) is 31.7 Å². The lowest BCUT2D eigenvalue weighted by Crippen LogP contribution is -2.46. The van der Waals surface area contributed by atoms with Gasteiger partial charge in [0.2, 0.25) is 13.6 Å². The van der Waals surface area contributed by atoms with Gasteiger partial charge in [-0.1, -0.05) is 19.1 Å². The van der Waals surface area contributed by atoms with Crippen LogP contribution in [0.1, 0.15) is 31.4 Å². The Balaban J connectivity index is 1.49. The van der Waals surface area contributed by atoms with E-state index in [0.29, 0.717) is 12.8 Å². The Bertz CT molecular complexity index is 826. The minimum absolute atomic E-state index is 0.0974. The van der Waals surface area contributed by atoms with Crippen LogP contribution >= 0.6 is 0 Å². The summed E-state index contributed by atoms with van der Waals surface area (Å²) < 4.78 is 21.7. The molecule has 4 rings (SSSR count). The average Bonchev–Trinajstić information content (AvgIpc) is 3.35. The second-order valence-corrected chi connectivity index (χ2v) is 7.41. The second-order valence-electron chi connectivity index (χ2n) is 7.41. The molecule has 2 heterocycles. The van der Waals surface area contributed by atoms with E-state index in [1.54, 1.807) is 0 Å². The van der Waals surface area contributed by atoms with E-state index in [4.69, 9.17) is 18.9 Å². The summed E-state index contributed by atoms with van der Waals surface area (Å²) in [6, 6.07) is 11.6. The maximum atomic E-state index is 12.5. The van der Waals surface area contributed by atoms with E-state index in [0.717, 1.165) is 40.5 Å². The zero-order valence-corrected chi connectivity index (χ0v) is 16.7. The largest absolute Gasteiger partial charge is 0.454 e. The molecule has 2 aliphatic rings. The molecule has 0 aromatic heterocycles. The van der Waals surface area contributed by atoms with Gasteiger partial charge in [0.25, 0.3) is 0 Å². The lowest BCUT2D eigenvalue weighted by Gasteiger charge is -2.21. The Hall–Kier alpha value is -3.09. The van der Waals surface area contributed by atoms with Gasteiger partial charge in [-0.15, -0.1) is 0 Å². The molecule has 0 bridgehead atoms. The Morgan fingerprint density at radius 2 is 1.38 bits per heavy atom. The standard InChI is InChI=1S/C22H26N2O5/c1-3-14(2)23-22(25)24-17(8-15-4-6-18-20(10-15)28-12-26-18)9-16-5-7-19-21(11-16)29-13-27-19/h4-7,10-11,14,17H,3,8-9,12-13H2,1-2H3,(H2,23,24,25)/t14-/m1/s1. The Kier molecular flexibility index (Phi) is 5.64. The number of hydrogen-bond acceptors (Lipinski definition) is 5. The van der Waals surface area contributed by atoms with Crippen LogP contribution in [0.3, 0.4) is 0 Å². The Morgan fingerprint density at radius 1 is 0.862 bits per heavy atom. The fourth-order valence-corrected chi connectivity index (χ4v) is 3.43. The zero-order chi connectivity index (χ0) is 20.2. The molecule has 2 N–H and O–H groups in total. The summed E-state index contributed by atoms with van der Waals surface area (Å²) in [7, 11) is 0. The number of carbonyl (C=O) groups is 1. The third-order valence-corrected chi connectivity index (χ3v) is 5.16. The van der Waals surface area contributed by atoms with Gasteiger partial charge in [0, 0.05) is 12.1 Å². The van der Waals surface area contributed by atoms with Gasteiger partial charge >= 0.3 is 6.03 Å². The number of ether oxygens (including phenoxy) is 4. The van der Waals surface area contributed by atoms with Gasteiger partial charge in [-0.3, -0.25) is 0 Å². The van der Waals surface area contributed by atoms with Crippen molar-refractivity contribution in [2.75, 3.05) is 13.6 Å². The van der Waals surface area contributed by atoms with Crippen LogP contribution < -0.4 is 29.6 Å². The third-order valence-electron chi connectivity index (χ3n) is 5.16. The minimum atomic E-state index is -0.161. The van der Waals surface area contributed by atoms with Crippen molar-refractivity contribution in [3.8, 4) is 23.0 Å². The van der Waals surface area contributed by atoms with E-state index in [1.807, 2.05) is 50.2 Å². The molecule has 0 radical (unpaired) electrons. The van der Waals surface area contributed by atoms with Crippen LogP contribution in [0.15, 0.2) is 36.4 Å². The second kappa shape index (κ2) is 8.51. The molecule has 2 aliphatic heterocycles. The molecule has 0 spiro atoms. The molecule has 29 heavy (non-hydrogen) atoms. The summed E-state index contributed by atoms with van der Waals surface area (Å²) in [5, 5.41) is 6.10. The first-order valence-electron chi connectivity index (χ1n) is 9.95. The Labute approximate surface area is 170 Å². The highest BCUT2D eigenvalue weighted by Crippen LogP contribution is 2.34. The van der Waals surface area contributed by atoms with Crippen molar-refractivity contribution in [2.24, 2.45) is 0 Å². The molecule has 0 fully saturated rings. The Morgan fingerprint density at radius 3 is 1.90 bits per heavy atom. The molecular formula is C22H26N2O5. The maximum absolute atomic E-state index is 12.5. The van der Waals surface area contributed by atoms with Gasteiger partial charge in [-0.2, -0.15) is 0 Å². The summed E-state index contributed by atoms with van der Waals surface area (Å²) in [5.74, 6) is 2.99. The van der Waals surface area contributed by atoms with E-state index < -0.39 is 0 Å². The number of urea groups is 1. The normalized spacial score (nSPS) is 14.7. The van der Waals surface area contributed by atoms with Gasteiger partial charge in [0.15, 0.2) is 23.0 Å². The SMILES string of the molecule is CC[C@@H](C)NC(=O)NC(Cc1ccc2c(c1)OCO2)Cc1ccc2c(c1)OCO2. The zero-order valence-electron chi connectivity index (χ0n) is 16.7. The molecular weight excluding hydrogens is 372 g/mol. The number of benzene rings is 2. The number of amides is 2. The quantitative estimate of drug-likeness (QED) is 0.748. The van der Waals surface area contributed by atoms with Crippen molar-refractivity contribution in [1.82, 2.24) is 10.6 Å². The molecule has 0 saturated carbocycles. The first-order valence-corrected chi connectivity index (χ1v) is 9.95. The molecule has 0 aliphatic carbocycles. The van der Waals surface area contributed by atoms with Crippen molar-refractivity contribution in [3.63, 3.8) is 0 Å². The fraction of sp³-hybridized carbons (Fsp3) is 0.409. The summed E-state index contributed by atoms with van der Waals surface area (Å²) >= 11 is 0. The van der Waals surface area contributed by atoms with Crippen LogP contribution in [0.5, 0.6) is 23.0 Å². The molecule has 0 saturated heterocycles. The lowest BCUT2D eigenvalue weighted by atomic mass is 9.98. The summed E-state index contributed by atoms with van der Waals surface area (Å²) in [5.41, 5.74) is 2.15. The first-order chi connectivity index (χ1) is 14.1. The third kappa shape index (κ3) is 4.67. The van der Waals surface area contributed by atoms with Gasteiger partial charge in [-0.25, -0.2) is 4.79 Å². The van der Waals surface area contributed by atoms with Crippen LogP contribution in [-0.2, 0) is 12.8 Å². The molecule has 2 aromatic rings. The first kappa shape index (κ1) is 19.2. The van der Waals surface area contributed by atoms with Crippen molar-refractivity contribution in [3.05, 3.63) is 47.5 Å². The number of carbonyl (C=O) groups excluding carboxylic acids is 1. The van der Waals surface area contributed by atoms with Crippen LogP contribution in [0.2, 0.25) is 0 Å². The van der Waals surface area contributed by atoms with Crippen LogP contribution in [0.4, 0.5) is 4.79 Å².